The number of aromatic nitrogens is 3. The molecule has 3 nitrogen and oxygen atoms in total. The maximum atomic E-state index is 4.56. The zero-order chi connectivity index (χ0) is 9.71. The molecule has 1 aliphatic carbocycles. The van der Waals surface area contributed by atoms with Crippen LogP contribution in [0.1, 0.15) is 30.1 Å². The van der Waals surface area contributed by atoms with Crippen LogP contribution < -0.4 is 0 Å². The number of hydrogen-bond donors (Lipinski definition) is 0. The number of halogens is 1. The van der Waals surface area contributed by atoms with E-state index in [1.54, 1.807) is 0 Å². The summed E-state index contributed by atoms with van der Waals surface area (Å²) in [5, 5.41) is 4.50. The van der Waals surface area contributed by atoms with Crippen molar-refractivity contribution in [3.05, 3.63) is 27.2 Å². The fourth-order valence-corrected chi connectivity index (χ4v) is 2.37. The van der Waals surface area contributed by atoms with Gasteiger partial charge in [-0.15, -0.1) is 0 Å². The summed E-state index contributed by atoms with van der Waals surface area (Å²) in [6.45, 7) is 2.09. The fourth-order valence-electron chi connectivity index (χ4n) is 1.64. The van der Waals surface area contributed by atoms with E-state index in [0.717, 1.165) is 11.5 Å². The number of aryl methyl sites for hydroxylation is 1. The Morgan fingerprint density at radius 1 is 1.50 bits per heavy atom. The van der Waals surface area contributed by atoms with Gasteiger partial charge in [0.15, 0.2) is 11.5 Å². The van der Waals surface area contributed by atoms with Crippen LogP contribution in [0.2, 0.25) is 0 Å². The van der Waals surface area contributed by atoms with Crippen molar-refractivity contribution in [1.29, 1.82) is 0 Å². The molecule has 2 heterocycles. The molecule has 0 aliphatic heterocycles. The zero-order valence-corrected chi connectivity index (χ0v) is 10.0. The highest BCUT2D eigenvalue weighted by Crippen LogP contribution is 2.38. The van der Waals surface area contributed by atoms with Crippen LogP contribution in [0.3, 0.4) is 0 Å². The van der Waals surface area contributed by atoms with Crippen molar-refractivity contribution in [2.24, 2.45) is 0 Å². The molecule has 0 aromatic carbocycles. The highest BCUT2D eigenvalue weighted by atomic mass is 127. The summed E-state index contributed by atoms with van der Waals surface area (Å²) in [4.78, 5) is 4.56. The maximum absolute atomic E-state index is 4.56. The normalized spacial score (nSPS) is 16.4. The van der Waals surface area contributed by atoms with Crippen molar-refractivity contribution in [1.82, 2.24) is 14.6 Å². The molecule has 14 heavy (non-hydrogen) atoms. The molecular weight excluding hydrogens is 289 g/mol. The van der Waals surface area contributed by atoms with Gasteiger partial charge in [0.05, 0.1) is 0 Å². The first-order valence-electron chi connectivity index (χ1n) is 4.76. The Kier molecular flexibility index (Phi) is 1.80. The third-order valence-electron chi connectivity index (χ3n) is 2.54. The minimum atomic E-state index is 0.631. The fraction of sp³-hybridized carbons (Fsp3) is 0.400. The lowest BCUT2D eigenvalue weighted by Gasteiger charge is -1.96. The molecule has 1 aliphatic rings. The Hall–Kier alpha value is -0.650. The van der Waals surface area contributed by atoms with E-state index in [9.17, 15) is 0 Å². The summed E-state index contributed by atoms with van der Waals surface area (Å²) in [7, 11) is 0. The highest BCUT2D eigenvalue weighted by molar-refractivity contribution is 14.1. The first-order valence-corrected chi connectivity index (χ1v) is 5.84. The summed E-state index contributed by atoms with van der Waals surface area (Å²) in [6.07, 6.45) is 4.54. The van der Waals surface area contributed by atoms with Gasteiger partial charge in [-0.1, -0.05) is 0 Å². The van der Waals surface area contributed by atoms with E-state index in [0.29, 0.717) is 5.92 Å². The average Bonchev–Trinajstić information content (AvgIpc) is 2.87. The Balaban J connectivity index is 2.26. The van der Waals surface area contributed by atoms with E-state index < -0.39 is 0 Å². The standard InChI is InChI=1S/C10H10IN3/c1-6-4-8(11)5-14-10(6)12-9(13-14)7-2-3-7/h4-5,7H,2-3H2,1H3. The van der Waals surface area contributed by atoms with Gasteiger partial charge in [0, 0.05) is 15.7 Å². The van der Waals surface area contributed by atoms with Gasteiger partial charge in [-0.2, -0.15) is 5.10 Å². The molecule has 0 atom stereocenters. The van der Waals surface area contributed by atoms with Crippen molar-refractivity contribution in [2.75, 3.05) is 0 Å². The van der Waals surface area contributed by atoms with Gasteiger partial charge in [-0.25, -0.2) is 9.50 Å². The minimum Gasteiger partial charge on any atom is -0.220 e. The lowest BCUT2D eigenvalue weighted by atomic mass is 10.3. The van der Waals surface area contributed by atoms with Crippen LogP contribution in [0.5, 0.6) is 0 Å². The monoisotopic (exact) mass is 299 g/mol. The number of fused-ring (bicyclic) bond motifs is 1. The molecule has 72 valence electrons. The van der Waals surface area contributed by atoms with E-state index >= 15 is 0 Å². The molecule has 0 bridgehead atoms. The van der Waals surface area contributed by atoms with E-state index in [2.05, 4.69) is 45.7 Å². The van der Waals surface area contributed by atoms with Gasteiger partial charge in [0.1, 0.15) is 0 Å². The quantitative estimate of drug-likeness (QED) is 0.757. The highest BCUT2D eigenvalue weighted by Gasteiger charge is 2.28. The van der Waals surface area contributed by atoms with Gasteiger partial charge < -0.3 is 0 Å². The number of nitrogens with zero attached hydrogens (tertiary/aromatic N) is 3. The van der Waals surface area contributed by atoms with E-state index in [-0.39, 0.29) is 0 Å². The molecular formula is C10H10IN3. The summed E-state index contributed by atoms with van der Waals surface area (Å²) in [5.41, 5.74) is 2.21. The molecule has 4 heteroatoms. The molecule has 3 rings (SSSR count). The van der Waals surface area contributed by atoms with Crippen molar-refractivity contribution in [3.63, 3.8) is 0 Å². The van der Waals surface area contributed by atoms with E-state index in [4.69, 9.17) is 0 Å². The Morgan fingerprint density at radius 2 is 2.29 bits per heavy atom. The molecule has 0 radical (unpaired) electrons. The van der Waals surface area contributed by atoms with E-state index in [1.807, 2.05) is 10.7 Å². The molecule has 2 aromatic heterocycles. The van der Waals surface area contributed by atoms with Crippen LogP contribution in [0.15, 0.2) is 12.3 Å². The topological polar surface area (TPSA) is 30.2 Å². The second kappa shape index (κ2) is 2.92. The van der Waals surface area contributed by atoms with Crippen molar-refractivity contribution >= 4 is 28.2 Å². The van der Waals surface area contributed by atoms with Gasteiger partial charge in [-0.3, -0.25) is 0 Å². The third-order valence-corrected chi connectivity index (χ3v) is 3.13. The smallest absolute Gasteiger partial charge is 0.158 e. The predicted octanol–water partition coefficient (Wildman–Crippen LogP) is 2.52. The largest absolute Gasteiger partial charge is 0.220 e. The Bertz CT molecular complexity index is 499. The van der Waals surface area contributed by atoms with Crippen molar-refractivity contribution in [3.8, 4) is 0 Å². The number of hydrogen-bond acceptors (Lipinski definition) is 2. The number of rotatable bonds is 1. The SMILES string of the molecule is Cc1cc(I)cn2nc(C3CC3)nc12. The zero-order valence-electron chi connectivity index (χ0n) is 7.87. The lowest BCUT2D eigenvalue weighted by molar-refractivity contribution is 0.874. The van der Waals surface area contributed by atoms with Crippen LogP contribution in [-0.2, 0) is 0 Å². The van der Waals surface area contributed by atoms with Crippen LogP contribution in [-0.4, -0.2) is 14.6 Å². The van der Waals surface area contributed by atoms with Crippen LogP contribution in [0, 0.1) is 10.5 Å². The van der Waals surface area contributed by atoms with Crippen molar-refractivity contribution < 1.29 is 0 Å². The number of pyridine rings is 1. The summed E-state index contributed by atoms with van der Waals surface area (Å²) < 4.78 is 3.12. The van der Waals surface area contributed by atoms with Gasteiger partial charge in [0.25, 0.3) is 0 Å². The second-order valence-corrected chi connectivity index (χ2v) is 5.10. The molecule has 1 saturated carbocycles. The first kappa shape index (κ1) is 8.64. The van der Waals surface area contributed by atoms with Crippen LogP contribution in [0.25, 0.3) is 5.65 Å². The summed E-state index contributed by atoms with van der Waals surface area (Å²) in [6, 6.07) is 2.14. The molecule has 2 aromatic rings. The Labute approximate surface area is 95.7 Å². The summed E-state index contributed by atoms with van der Waals surface area (Å²) in [5.74, 6) is 1.65. The molecule has 0 amide bonds. The third kappa shape index (κ3) is 1.32. The first-order chi connectivity index (χ1) is 6.74. The minimum absolute atomic E-state index is 0.631. The van der Waals surface area contributed by atoms with Gasteiger partial charge in [-0.05, 0) is 54.0 Å². The molecule has 1 fully saturated rings. The second-order valence-electron chi connectivity index (χ2n) is 3.85. The van der Waals surface area contributed by atoms with Crippen molar-refractivity contribution in [2.45, 2.75) is 25.7 Å². The van der Waals surface area contributed by atoms with Crippen LogP contribution >= 0.6 is 22.6 Å². The molecule has 0 saturated heterocycles. The summed E-state index contributed by atoms with van der Waals surface area (Å²) >= 11 is 2.31. The molecule has 0 N–H and O–H groups in total. The van der Waals surface area contributed by atoms with Gasteiger partial charge in [0.2, 0.25) is 0 Å². The van der Waals surface area contributed by atoms with Crippen LogP contribution in [0.4, 0.5) is 0 Å². The average molecular weight is 299 g/mol. The lowest BCUT2D eigenvalue weighted by Crippen LogP contribution is -1.91. The van der Waals surface area contributed by atoms with E-state index in [1.165, 1.54) is 22.0 Å². The maximum Gasteiger partial charge on any atom is 0.158 e. The molecule has 0 spiro atoms. The van der Waals surface area contributed by atoms with Gasteiger partial charge >= 0.3 is 0 Å². The predicted molar refractivity (Wildman–Crippen MR) is 62.4 cm³/mol. The molecule has 0 unspecified atom stereocenters. The Morgan fingerprint density at radius 3 is 3.00 bits per heavy atom.